The fourth-order valence-electron chi connectivity index (χ4n) is 3.44. The molecule has 3 heterocycles. The number of fused-ring (bicyclic) bond motifs is 1. The number of hydrogen-bond donors (Lipinski definition) is 1. The van der Waals surface area contributed by atoms with Crippen LogP contribution < -0.4 is 5.32 Å². The lowest BCUT2D eigenvalue weighted by atomic mass is 10.1. The molecular formula is C17H22N2O5S2. The van der Waals surface area contributed by atoms with Gasteiger partial charge in [-0.05, 0) is 18.2 Å². The average molecular weight is 399 g/mol. The smallest absolute Gasteiger partial charge is 0.243 e. The van der Waals surface area contributed by atoms with Crippen molar-refractivity contribution < 1.29 is 22.7 Å². The minimum atomic E-state index is -3.62. The van der Waals surface area contributed by atoms with Crippen molar-refractivity contribution in [2.75, 3.05) is 37.4 Å². The van der Waals surface area contributed by atoms with Crippen LogP contribution in [0.25, 0.3) is 0 Å². The molecule has 1 spiro atoms. The summed E-state index contributed by atoms with van der Waals surface area (Å²) in [6.45, 7) is 3.71. The summed E-state index contributed by atoms with van der Waals surface area (Å²) in [7, 11) is -3.62. The maximum atomic E-state index is 13.0. The standard InChI is InChI=1S/C17H22N2O5S2/c1-12-11-25-15-3-2-13(10-14(15)18-16(12)20)26(21,22)19-6-4-17(5-7-19)23-8-9-24-17/h2-3,10,12H,4-9,11H2,1H3,(H,18,20)/t12-/m1/s1. The molecule has 142 valence electrons. The normalized spacial score (nSPS) is 26.3. The van der Waals surface area contributed by atoms with Gasteiger partial charge in [0.15, 0.2) is 5.79 Å². The van der Waals surface area contributed by atoms with Crippen LogP contribution in [0.4, 0.5) is 5.69 Å². The van der Waals surface area contributed by atoms with Gasteiger partial charge in [0.25, 0.3) is 0 Å². The number of anilines is 1. The molecule has 0 saturated carbocycles. The van der Waals surface area contributed by atoms with Crippen molar-refractivity contribution in [3.05, 3.63) is 18.2 Å². The molecule has 2 fully saturated rings. The Kier molecular flexibility index (Phi) is 4.77. The molecule has 2 saturated heterocycles. The van der Waals surface area contributed by atoms with Crippen molar-refractivity contribution in [1.82, 2.24) is 4.31 Å². The summed E-state index contributed by atoms with van der Waals surface area (Å²) >= 11 is 1.56. The zero-order chi connectivity index (χ0) is 18.4. The maximum absolute atomic E-state index is 13.0. The summed E-state index contributed by atoms with van der Waals surface area (Å²) < 4.78 is 38.9. The first-order valence-electron chi connectivity index (χ1n) is 8.75. The first kappa shape index (κ1) is 18.2. The van der Waals surface area contributed by atoms with Gasteiger partial charge in [0.1, 0.15) is 0 Å². The van der Waals surface area contributed by atoms with E-state index >= 15 is 0 Å². The number of carbonyl (C=O) groups is 1. The molecule has 0 aliphatic carbocycles. The Hall–Kier alpha value is -1.13. The van der Waals surface area contributed by atoms with Gasteiger partial charge in [-0.15, -0.1) is 11.8 Å². The monoisotopic (exact) mass is 398 g/mol. The minimum Gasteiger partial charge on any atom is -0.347 e. The number of amides is 1. The minimum absolute atomic E-state index is 0.0822. The van der Waals surface area contributed by atoms with Gasteiger partial charge in [0.2, 0.25) is 15.9 Å². The molecule has 1 atom stereocenters. The summed E-state index contributed by atoms with van der Waals surface area (Å²) in [6.07, 6.45) is 1.06. The third-order valence-electron chi connectivity index (χ3n) is 5.08. The molecule has 4 rings (SSSR count). The van der Waals surface area contributed by atoms with Crippen LogP contribution in [0.3, 0.4) is 0 Å². The lowest BCUT2D eigenvalue weighted by molar-refractivity contribution is -0.179. The Morgan fingerprint density at radius 2 is 1.92 bits per heavy atom. The van der Waals surface area contributed by atoms with Gasteiger partial charge >= 0.3 is 0 Å². The first-order valence-corrected chi connectivity index (χ1v) is 11.2. The van der Waals surface area contributed by atoms with Crippen molar-refractivity contribution in [2.24, 2.45) is 5.92 Å². The number of nitrogens with one attached hydrogen (secondary N) is 1. The molecule has 3 aliphatic heterocycles. The Balaban J connectivity index is 1.55. The van der Waals surface area contributed by atoms with E-state index in [1.165, 1.54) is 4.31 Å². The summed E-state index contributed by atoms with van der Waals surface area (Å²) in [5.74, 6) is -0.127. The average Bonchev–Trinajstić information content (AvgIpc) is 3.02. The molecule has 0 unspecified atom stereocenters. The van der Waals surface area contributed by atoms with E-state index in [4.69, 9.17) is 9.47 Å². The number of benzene rings is 1. The van der Waals surface area contributed by atoms with Crippen LogP contribution in [0, 0.1) is 5.92 Å². The number of carbonyl (C=O) groups excluding carboxylic acids is 1. The predicted molar refractivity (Wildman–Crippen MR) is 97.6 cm³/mol. The number of piperidine rings is 1. The number of thioether (sulfide) groups is 1. The predicted octanol–water partition coefficient (Wildman–Crippen LogP) is 1.89. The topological polar surface area (TPSA) is 84.9 Å². The van der Waals surface area contributed by atoms with Gasteiger partial charge in [-0.25, -0.2) is 8.42 Å². The number of ether oxygens (including phenoxy) is 2. The molecular weight excluding hydrogens is 376 g/mol. The van der Waals surface area contributed by atoms with Crippen LogP contribution in [0.1, 0.15) is 19.8 Å². The van der Waals surface area contributed by atoms with E-state index in [0.717, 1.165) is 4.90 Å². The van der Waals surface area contributed by atoms with E-state index in [-0.39, 0.29) is 16.7 Å². The number of hydrogen-bond acceptors (Lipinski definition) is 6. The quantitative estimate of drug-likeness (QED) is 0.819. The van der Waals surface area contributed by atoms with Crippen LogP contribution in [-0.4, -0.2) is 56.5 Å². The largest absolute Gasteiger partial charge is 0.347 e. The van der Waals surface area contributed by atoms with E-state index < -0.39 is 15.8 Å². The number of nitrogens with zero attached hydrogens (tertiary/aromatic N) is 1. The molecule has 26 heavy (non-hydrogen) atoms. The molecule has 0 bridgehead atoms. The third kappa shape index (κ3) is 3.27. The van der Waals surface area contributed by atoms with Crippen molar-refractivity contribution in [2.45, 2.75) is 35.3 Å². The van der Waals surface area contributed by atoms with E-state index in [9.17, 15) is 13.2 Å². The molecule has 9 heteroatoms. The number of rotatable bonds is 2. The zero-order valence-electron chi connectivity index (χ0n) is 14.6. The SMILES string of the molecule is C[C@@H]1CSc2ccc(S(=O)(=O)N3CCC4(CC3)OCCO4)cc2NC1=O. The summed E-state index contributed by atoms with van der Waals surface area (Å²) in [6, 6.07) is 4.97. The van der Waals surface area contributed by atoms with E-state index in [2.05, 4.69) is 5.32 Å². The summed E-state index contributed by atoms with van der Waals surface area (Å²) in [5.41, 5.74) is 0.571. The lowest BCUT2D eigenvalue weighted by Crippen LogP contribution is -2.47. The molecule has 1 amide bonds. The third-order valence-corrected chi connectivity index (χ3v) is 8.31. The summed E-state index contributed by atoms with van der Waals surface area (Å²) in [5, 5.41) is 2.84. The van der Waals surface area contributed by atoms with Gasteiger partial charge in [-0.2, -0.15) is 4.31 Å². The lowest BCUT2D eigenvalue weighted by Gasteiger charge is -2.36. The zero-order valence-corrected chi connectivity index (χ0v) is 16.2. The maximum Gasteiger partial charge on any atom is 0.243 e. The number of sulfonamides is 1. The second-order valence-corrected chi connectivity index (χ2v) is 9.87. The highest BCUT2D eigenvalue weighted by Gasteiger charge is 2.42. The highest BCUT2D eigenvalue weighted by Crippen LogP contribution is 2.37. The van der Waals surface area contributed by atoms with Gasteiger partial charge < -0.3 is 14.8 Å². The highest BCUT2D eigenvalue weighted by atomic mass is 32.2. The van der Waals surface area contributed by atoms with E-state index in [0.29, 0.717) is 50.6 Å². The fourth-order valence-corrected chi connectivity index (χ4v) is 5.92. The Morgan fingerprint density at radius 1 is 1.23 bits per heavy atom. The van der Waals surface area contributed by atoms with E-state index in [1.807, 2.05) is 6.92 Å². The van der Waals surface area contributed by atoms with Gasteiger partial charge in [-0.3, -0.25) is 4.79 Å². The van der Waals surface area contributed by atoms with Crippen molar-refractivity contribution in [1.29, 1.82) is 0 Å². The van der Waals surface area contributed by atoms with Gasteiger partial charge in [0, 0.05) is 42.5 Å². The molecule has 1 aromatic carbocycles. The Bertz CT molecular complexity index is 810. The van der Waals surface area contributed by atoms with Crippen LogP contribution in [-0.2, 0) is 24.3 Å². The van der Waals surface area contributed by atoms with Crippen LogP contribution in [0.15, 0.2) is 28.0 Å². The fraction of sp³-hybridized carbons (Fsp3) is 0.588. The van der Waals surface area contributed by atoms with Crippen molar-refractivity contribution in [3.8, 4) is 0 Å². The summed E-state index contributed by atoms with van der Waals surface area (Å²) in [4.78, 5) is 13.2. The molecule has 0 aromatic heterocycles. The molecule has 3 aliphatic rings. The van der Waals surface area contributed by atoms with Gasteiger partial charge in [-0.1, -0.05) is 6.92 Å². The van der Waals surface area contributed by atoms with Crippen LogP contribution in [0.2, 0.25) is 0 Å². The Labute approximate surface area is 157 Å². The second kappa shape index (κ2) is 6.79. The molecule has 0 radical (unpaired) electrons. The van der Waals surface area contributed by atoms with Gasteiger partial charge in [0.05, 0.1) is 23.8 Å². The highest BCUT2D eigenvalue weighted by molar-refractivity contribution is 7.99. The van der Waals surface area contributed by atoms with Crippen molar-refractivity contribution in [3.63, 3.8) is 0 Å². The van der Waals surface area contributed by atoms with E-state index in [1.54, 1.807) is 30.0 Å². The van der Waals surface area contributed by atoms with Crippen LogP contribution in [0.5, 0.6) is 0 Å². The molecule has 1 aromatic rings. The van der Waals surface area contributed by atoms with Crippen molar-refractivity contribution >= 4 is 33.4 Å². The Morgan fingerprint density at radius 3 is 2.62 bits per heavy atom. The second-order valence-electron chi connectivity index (χ2n) is 6.87. The molecule has 1 N–H and O–H groups in total. The van der Waals surface area contributed by atoms with Crippen LogP contribution >= 0.6 is 11.8 Å². The molecule has 7 nitrogen and oxygen atoms in total. The first-order chi connectivity index (χ1) is 12.4.